The van der Waals surface area contributed by atoms with Crippen molar-refractivity contribution < 1.29 is 14.6 Å². The number of aliphatic hydroxyl groups is 1. The van der Waals surface area contributed by atoms with Crippen LogP contribution in [0.25, 0.3) is 10.2 Å². The molecule has 1 N–H and O–H groups in total. The number of rotatable bonds is 7. The molecule has 0 spiro atoms. The molecule has 3 aromatic carbocycles. The van der Waals surface area contributed by atoms with Crippen molar-refractivity contribution in [3.63, 3.8) is 0 Å². The van der Waals surface area contributed by atoms with Crippen molar-refractivity contribution in [1.82, 2.24) is 4.98 Å². The Morgan fingerprint density at radius 1 is 0.964 bits per heavy atom. The summed E-state index contributed by atoms with van der Waals surface area (Å²) >= 11 is 1.51. The highest BCUT2D eigenvalue weighted by Crippen LogP contribution is 2.36. The fourth-order valence-corrected chi connectivity index (χ4v) is 3.91. The highest BCUT2D eigenvalue weighted by atomic mass is 32.1. The van der Waals surface area contributed by atoms with Gasteiger partial charge in [0.25, 0.3) is 5.19 Å². The number of ether oxygens (including phenoxy) is 2. The first-order valence-corrected chi connectivity index (χ1v) is 9.98. The molecule has 28 heavy (non-hydrogen) atoms. The van der Waals surface area contributed by atoms with Crippen molar-refractivity contribution >= 4 is 21.6 Å². The number of aromatic nitrogens is 1. The number of nitrogens with zero attached hydrogens (tertiary/aromatic N) is 1. The van der Waals surface area contributed by atoms with Gasteiger partial charge in [-0.15, -0.1) is 0 Å². The third-order valence-electron chi connectivity index (χ3n) is 4.59. The largest absolute Gasteiger partial charge is 0.493 e. The summed E-state index contributed by atoms with van der Waals surface area (Å²) in [6.45, 7) is 0. The third kappa shape index (κ3) is 4.16. The Kier molecular flexibility index (Phi) is 5.55. The fourth-order valence-electron chi connectivity index (χ4n) is 3.09. The first kappa shape index (κ1) is 18.5. The molecule has 0 saturated carbocycles. The smallest absolute Gasteiger partial charge is 0.279 e. The second-order valence-electron chi connectivity index (χ2n) is 6.50. The molecule has 1 heterocycles. The highest BCUT2D eigenvalue weighted by Gasteiger charge is 2.12. The topological polar surface area (TPSA) is 51.6 Å². The monoisotopic (exact) mass is 391 g/mol. The second-order valence-corrected chi connectivity index (χ2v) is 7.49. The Labute approximate surface area is 168 Å². The number of aliphatic hydroxyl groups excluding tert-OH is 1. The minimum atomic E-state index is -0.481. The van der Waals surface area contributed by atoms with Crippen LogP contribution in [-0.2, 0) is 6.42 Å². The molecule has 1 unspecified atom stereocenters. The van der Waals surface area contributed by atoms with Gasteiger partial charge in [-0.2, -0.15) is 0 Å². The molecule has 0 amide bonds. The van der Waals surface area contributed by atoms with Crippen LogP contribution >= 0.6 is 11.3 Å². The zero-order valence-corrected chi connectivity index (χ0v) is 16.4. The maximum Gasteiger partial charge on any atom is 0.279 e. The van der Waals surface area contributed by atoms with Crippen LogP contribution in [0, 0.1) is 0 Å². The van der Waals surface area contributed by atoms with Gasteiger partial charge in [-0.25, -0.2) is 4.98 Å². The predicted octanol–water partition coefficient (Wildman–Crippen LogP) is 5.76. The van der Waals surface area contributed by atoms with Gasteiger partial charge in [-0.05, 0) is 48.2 Å². The van der Waals surface area contributed by atoms with Gasteiger partial charge in [0.2, 0.25) is 0 Å². The summed E-state index contributed by atoms with van der Waals surface area (Å²) in [6.07, 6.45) is 0.907. The van der Waals surface area contributed by atoms with E-state index >= 15 is 0 Å². The first-order chi connectivity index (χ1) is 13.7. The van der Waals surface area contributed by atoms with E-state index in [0.717, 1.165) is 27.8 Å². The molecule has 4 rings (SSSR count). The van der Waals surface area contributed by atoms with Gasteiger partial charge in [-0.3, -0.25) is 0 Å². The van der Waals surface area contributed by atoms with Gasteiger partial charge >= 0.3 is 0 Å². The fraction of sp³-hybridized carbons (Fsp3) is 0.174. The van der Waals surface area contributed by atoms with Crippen molar-refractivity contribution in [1.29, 1.82) is 0 Å². The average molecular weight is 391 g/mol. The summed E-state index contributed by atoms with van der Waals surface area (Å²) in [5.41, 5.74) is 2.95. The van der Waals surface area contributed by atoms with Crippen molar-refractivity contribution in [2.75, 3.05) is 7.11 Å². The lowest BCUT2D eigenvalue weighted by Crippen LogP contribution is -2.00. The average Bonchev–Trinajstić information content (AvgIpc) is 3.15. The summed E-state index contributed by atoms with van der Waals surface area (Å²) in [4.78, 5) is 4.51. The normalized spacial score (nSPS) is 12.1. The first-order valence-electron chi connectivity index (χ1n) is 9.16. The van der Waals surface area contributed by atoms with E-state index in [2.05, 4.69) is 4.98 Å². The Hall–Kier alpha value is -2.89. The lowest BCUT2D eigenvalue weighted by atomic mass is 10.0. The van der Waals surface area contributed by atoms with Crippen molar-refractivity contribution in [3.05, 3.63) is 83.9 Å². The predicted molar refractivity (Wildman–Crippen MR) is 112 cm³/mol. The summed E-state index contributed by atoms with van der Waals surface area (Å²) < 4.78 is 12.6. The van der Waals surface area contributed by atoms with Gasteiger partial charge in [0.1, 0.15) is 0 Å². The van der Waals surface area contributed by atoms with Crippen LogP contribution in [0.5, 0.6) is 16.7 Å². The standard InChI is InChI=1S/C23H21NO3S/c1-26-21-15-16(11-13-19(25)17-7-3-2-4-8-17)12-14-20(21)27-23-24-18-9-5-6-10-22(18)28-23/h2-10,12,14-15,19,25H,11,13H2,1H3. The van der Waals surface area contributed by atoms with Crippen LogP contribution in [0.2, 0.25) is 0 Å². The lowest BCUT2D eigenvalue weighted by molar-refractivity contribution is 0.168. The van der Waals surface area contributed by atoms with Crippen molar-refractivity contribution in [2.45, 2.75) is 18.9 Å². The molecule has 4 nitrogen and oxygen atoms in total. The Morgan fingerprint density at radius 3 is 2.54 bits per heavy atom. The summed E-state index contributed by atoms with van der Waals surface area (Å²) in [5, 5.41) is 11.0. The van der Waals surface area contributed by atoms with E-state index in [1.165, 1.54) is 11.3 Å². The maximum atomic E-state index is 10.4. The molecule has 5 heteroatoms. The van der Waals surface area contributed by atoms with Gasteiger partial charge in [0.05, 0.1) is 23.4 Å². The van der Waals surface area contributed by atoms with E-state index in [0.29, 0.717) is 23.1 Å². The number of fused-ring (bicyclic) bond motifs is 1. The second kappa shape index (κ2) is 8.42. The van der Waals surface area contributed by atoms with Crippen LogP contribution in [0.4, 0.5) is 0 Å². The van der Waals surface area contributed by atoms with Crippen molar-refractivity contribution in [2.24, 2.45) is 0 Å². The Bertz CT molecular complexity index is 1030. The van der Waals surface area contributed by atoms with Gasteiger partial charge < -0.3 is 14.6 Å². The number of hydrogen-bond donors (Lipinski definition) is 1. The zero-order chi connectivity index (χ0) is 19.3. The third-order valence-corrected chi connectivity index (χ3v) is 5.50. The van der Waals surface area contributed by atoms with E-state index in [1.54, 1.807) is 7.11 Å². The van der Waals surface area contributed by atoms with E-state index in [4.69, 9.17) is 9.47 Å². The summed E-state index contributed by atoms with van der Waals surface area (Å²) in [5.74, 6) is 1.29. The Morgan fingerprint density at radius 2 is 1.75 bits per heavy atom. The number of aryl methyl sites for hydroxylation is 1. The van der Waals surface area contributed by atoms with Gasteiger partial charge in [0, 0.05) is 0 Å². The molecule has 0 aliphatic carbocycles. The minimum absolute atomic E-state index is 0.481. The van der Waals surface area contributed by atoms with Crippen LogP contribution in [0.15, 0.2) is 72.8 Å². The lowest BCUT2D eigenvalue weighted by Gasteiger charge is -2.13. The molecule has 0 aliphatic rings. The molecule has 0 saturated heterocycles. The zero-order valence-electron chi connectivity index (χ0n) is 15.5. The van der Waals surface area contributed by atoms with E-state index in [-0.39, 0.29) is 0 Å². The Balaban J connectivity index is 1.46. The molecule has 1 atom stereocenters. The maximum absolute atomic E-state index is 10.4. The highest BCUT2D eigenvalue weighted by molar-refractivity contribution is 7.20. The number of benzene rings is 3. The van der Waals surface area contributed by atoms with Gasteiger partial charge in [-0.1, -0.05) is 59.9 Å². The molecule has 142 valence electrons. The molecular weight excluding hydrogens is 370 g/mol. The van der Waals surface area contributed by atoms with E-state index < -0.39 is 6.10 Å². The minimum Gasteiger partial charge on any atom is -0.493 e. The van der Waals surface area contributed by atoms with Crippen LogP contribution in [0.1, 0.15) is 23.7 Å². The summed E-state index contributed by atoms with van der Waals surface area (Å²) in [7, 11) is 1.63. The number of para-hydroxylation sites is 1. The number of methoxy groups -OCH3 is 1. The van der Waals surface area contributed by atoms with Crippen molar-refractivity contribution in [3.8, 4) is 16.7 Å². The number of hydrogen-bond acceptors (Lipinski definition) is 5. The molecule has 0 fully saturated rings. The van der Waals surface area contributed by atoms with E-state index in [9.17, 15) is 5.11 Å². The molecule has 0 aliphatic heterocycles. The van der Waals surface area contributed by atoms with Gasteiger partial charge in [0.15, 0.2) is 11.5 Å². The SMILES string of the molecule is COc1cc(CCC(O)c2ccccc2)ccc1Oc1nc2ccccc2s1. The molecular formula is C23H21NO3S. The quantitative estimate of drug-likeness (QED) is 0.435. The number of thiazole rings is 1. The van der Waals surface area contributed by atoms with E-state index in [1.807, 2.05) is 72.8 Å². The van der Waals surface area contributed by atoms with Crippen LogP contribution < -0.4 is 9.47 Å². The summed E-state index contributed by atoms with van der Waals surface area (Å²) in [6, 6.07) is 23.5. The van der Waals surface area contributed by atoms with Crippen LogP contribution in [0.3, 0.4) is 0 Å². The molecule has 0 bridgehead atoms. The molecule has 0 radical (unpaired) electrons. The molecule has 4 aromatic rings. The molecule has 1 aromatic heterocycles. The van der Waals surface area contributed by atoms with Crippen LogP contribution in [-0.4, -0.2) is 17.2 Å².